The Labute approximate surface area is 245 Å². The Balaban J connectivity index is 1.67. The molecular weight excluding hydrogens is 540 g/mol. The van der Waals surface area contributed by atoms with Gasteiger partial charge < -0.3 is 14.2 Å². The largest absolute Gasteiger partial charge is 0.494 e. The Morgan fingerprint density at radius 3 is 0.929 bits per heavy atom. The van der Waals surface area contributed by atoms with Gasteiger partial charge in [0.05, 0.1) is 56.9 Å². The molecule has 42 heavy (non-hydrogen) atoms. The lowest BCUT2D eigenvalue weighted by Gasteiger charge is -2.49. The highest BCUT2D eigenvalue weighted by Crippen LogP contribution is 2.27. The van der Waals surface area contributed by atoms with Crippen LogP contribution in [0.25, 0.3) is 0 Å². The van der Waals surface area contributed by atoms with Gasteiger partial charge in [-0.05, 0) is 93.6 Å². The zero-order chi connectivity index (χ0) is 29.9. The Hall–Kier alpha value is -4.65. The number of carbonyl (C=O) groups excluding carboxylic acids is 3. The van der Waals surface area contributed by atoms with Crippen molar-refractivity contribution in [3.05, 3.63) is 72.8 Å². The van der Waals surface area contributed by atoms with Crippen LogP contribution >= 0.6 is 0 Å². The van der Waals surface area contributed by atoms with Gasteiger partial charge in [0.15, 0.2) is 0 Å². The van der Waals surface area contributed by atoms with Crippen LogP contribution in [0, 0.1) is 0 Å². The van der Waals surface area contributed by atoms with E-state index in [1.807, 2.05) is 20.8 Å². The number of hydrazine groups is 3. The van der Waals surface area contributed by atoms with E-state index in [1.165, 1.54) is 15.0 Å². The van der Waals surface area contributed by atoms with Gasteiger partial charge in [0.2, 0.25) is 19.2 Å². The van der Waals surface area contributed by atoms with E-state index in [0.29, 0.717) is 73.4 Å². The van der Waals surface area contributed by atoms with Crippen LogP contribution in [0.15, 0.2) is 72.8 Å². The lowest BCUT2D eigenvalue weighted by atomic mass is 10.3. The fourth-order valence-corrected chi connectivity index (χ4v) is 4.57. The van der Waals surface area contributed by atoms with Crippen molar-refractivity contribution in [2.45, 2.75) is 20.8 Å². The minimum Gasteiger partial charge on any atom is -0.494 e. The van der Waals surface area contributed by atoms with Crippen LogP contribution in [0.2, 0.25) is 0 Å². The minimum atomic E-state index is 0.157. The summed E-state index contributed by atoms with van der Waals surface area (Å²) < 4.78 is 16.6. The molecule has 4 rings (SSSR count). The van der Waals surface area contributed by atoms with Crippen molar-refractivity contribution in [2.75, 3.05) is 54.9 Å². The van der Waals surface area contributed by atoms with Gasteiger partial charge in [-0.15, -0.1) is 0 Å². The second kappa shape index (κ2) is 14.8. The molecule has 3 aromatic rings. The molecule has 0 spiro atoms. The molecule has 0 aromatic heterocycles. The monoisotopic (exact) mass is 576 g/mol. The summed E-state index contributed by atoms with van der Waals surface area (Å²) in [5.41, 5.74) is 1.77. The second-order valence-corrected chi connectivity index (χ2v) is 9.07. The average Bonchev–Trinajstić information content (AvgIpc) is 3.01. The number of carbonyl (C=O) groups is 3. The minimum absolute atomic E-state index is 0.157. The smallest absolute Gasteiger partial charge is 0.228 e. The number of benzene rings is 3. The molecule has 222 valence electrons. The molecule has 3 amide bonds. The summed E-state index contributed by atoms with van der Waals surface area (Å²) in [4.78, 5) is 37.4. The van der Waals surface area contributed by atoms with Crippen molar-refractivity contribution >= 4 is 36.3 Å². The maximum Gasteiger partial charge on any atom is 0.228 e. The lowest BCUT2D eigenvalue weighted by molar-refractivity contribution is -0.122. The molecule has 0 bridgehead atoms. The van der Waals surface area contributed by atoms with Gasteiger partial charge >= 0.3 is 0 Å². The normalized spacial score (nSPS) is 14.1. The number of ether oxygens (including phenoxy) is 3. The van der Waals surface area contributed by atoms with E-state index in [9.17, 15) is 14.4 Å². The maximum atomic E-state index is 12.5. The van der Waals surface area contributed by atoms with E-state index in [2.05, 4.69) is 0 Å². The lowest BCUT2D eigenvalue weighted by Crippen LogP contribution is -2.67. The summed E-state index contributed by atoms with van der Waals surface area (Å²) in [5.74, 6) is 2.04. The van der Waals surface area contributed by atoms with E-state index >= 15 is 0 Å². The van der Waals surface area contributed by atoms with Crippen LogP contribution in [0.3, 0.4) is 0 Å². The van der Waals surface area contributed by atoms with Gasteiger partial charge in [-0.2, -0.15) is 15.0 Å². The Bertz CT molecular complexity index is 1120. The third-order valence-electron chi connectivity index (χ3n) is 6.43. The molecule has 1 fully saturated rings. The molecule has 1 heterocycles. The van der Waals surface area contributed by atoms with E-state index in [4.69, 9.17) is 14.2 Å². The van der Waals surface area contributed by atoms with Crippen LogP contribution < -0.4 is 29.2 Å². The first-order chi connectivity index (χ1) is 20.5. The maximum absolute atomic E-state index is 12.5. The highest BCUT2D eigenvalue weighted by molar-refractivity contribution is 5.76. The van der Waals surface area contributed by atoms with Crippen LogP contribution in [0.4, 0.5) is 17.1 Å². The summed E-state index contributed by atoms with van der Waals surface area (Å²) >= 11 is 0. The molecular formula is C30H36N6O6. The molecule has 0 radical (unpaired) electrons. The second-order valence-electron chi connectivity index (χ2n) is 9.07. The molecule has 0 atom stereocenters. The zero-order valence-corrected chi connectivity index (χ0v) is 24.0. The van der Waals surface area contributed by atoms with Crippen molar-refractivity contribution in [2.24, 2.45) is 0 Å². The van der Waals surface area contributed by atoms with E-state index < -0.39 is 0 Å². The van der Waals surface area contributed by atoms with Gasteiger partial charge in [0.1, 0.15) is 17.2 Å². The number of amides is 3. The number of hydrogen-bond donors (Lipinski definition) is 0. The third kappa shape index (κ3) is 7.16. The number of nitrogens with zero attached hydrogens (tertiary/aromatic N) is 6. The first-order valence-corrected chi connectivity index (χ1v) is 13.7. The zero-order valence-electron chi connectivity index (χ0n) is 24.0. The highest BCUT2D eigenvalue weighted by Gasteiger charge is 2.34. The van der Waals surface area contributed by atoms with Gasteiger partial charge in [0, 0.05) is 0 Å². The van der Waals surface area contributed by atoms with Crippen LogP contribution in [0.5, 0.6) is 17.2 Å². The first kappa shape index (κ1) is 30.3. The third-order valence-corrected chi connectivity index (χ3v) is 6.43. The molecule has 12 heteroatoms. The summed E-state index contributed by atoms with van der Waals surface area (Å²) in [6.45, 7) is 7.73. The summed E-state index contributed by atoms with van der Waals surface area (Å²) in [5, 5.41) is 9.50. The van der Waals surface area contributed by atoms with Crippen molar-refractivity contribution in [3.8, 4) is 17.2 Å². The van der Waals surface area contributed by atoms with Crippen molar-refractivity contribution in [1.29, 1.82) is 0 Å². The molecule has 3 aromatic carbocycles. The Kier molecular flexibility index (Phi) is 10.7. The Morgan fingerprint density at radius 1 is 0.500 bits per heavy atom. The summed E-state index contributed by atoms with van der Waals surface area (Å²) in [6.07, 6.45) is 2.09. The highest BCUT2D eigenvalue weighted by atomic mass is 16.5. The van der Waals surface area contributed by atoms with Crippen LogP contribution in [-0.2, 0) is 14.4 Å². The fourth-order valence-electron chi connectivity index (χ4n) is 4.57. The summed E-state index contributed by atoms with van der Waals surface area (Å²) in [6, 6.07) is 21.3. The summed E-state index contributed by atoms with van der Waals surface area (Å²) in [7, 11) is 0. The topological polar surface area (TPSA) is 98.3 Å². The van der Waals surface area contributed by atoms with Crippen molar-refractivity contribution in [1.82, 2.24) is 15.0 Å². The van der Waals surface area contributed by atoms with Crippen LogP contribution in [-0.4, -0.2) is 74.1 Å². The molecule has 0 saturated carbocycles. The van der Waals surface area contributed by atoms with Crippen molar-refractivity contribution < 1.29 is 28.6 Å². The molecule has 1 aliphatic heterocycles. The van der Waals surface area contributed by atoms with E-state index in [0.717, 1.165) is 0 Å². The SMILES string of the molecule is CCOc1ccc(N(C=O)N2CN(N(C=O)c3ccc(OCC)cc3)CN(N(C=O)c3ccc(OCC)cc3)C2)cc1. The Morgan fingerprint density at radius 2 is 0.738 bits per heavy atom. The molecule has 1 saturated heterocycles. The number of rotatable bonds is 15. The first-order valence-electron chi connectivity index (χ1n) is 13.7. The molecule has 1 aliphatic rings. The molecule has 0 unspecified atom stereocenters. The predicted molar refractivity (Wildman–Crippen MR) is 159 cm³/mol. The predicted octanol–water partition coefficient (Wildman–Crippen LogP) is 3.71. The fraction of sp³-hybridized carbons (Fsp3) is 0.300. The van der Waals surface area contributed by atoms with Gasteiger partial charge in [-0.1, -0.05) is 0 Å². The van der Waals surface area contributed by atoms with Crippen LogP contribution in [0.1, 0.15) is 20.8 Å². The molecule has 0 N–H and O–H groups in total. The quantitative estimate of drug-likeness (QED) is 0.251. The van der Waals surface area contributed by atoms with Gasteiger partial charge in [-0.3, -0.25) is 14.4 Å². The number of hydrogen-bond acceptors (Lipinski definition) is 9. The molecule has 0 aliphatic carbocycles. The van der Waals surface area contributed by atoms with Gasteiger partial charge in [-0.25, -0.2) is 15.0 Å². The van der Waals surface area contributed by atoms with Gasteiger partial charge in [0.25, 0.3) is 0 Å². The van der Waals surface area contributed by atoms with E-state index in [1.54, 1.807) is 87.8 Å². The number of anilines is 3. The van der Waals surface area contributed by atoms with Crippen molar-refractivity contribution in [3.63, 3.8) is 0 Å². The van der Waals surface area contributed by atoms with E-state index in [-0.39, 0.29) is 20.0 Å². The molecule has 12 nitrogen and oxygen atoms in total. The standard InChI is InChI=1S/C30H36N6O6/c1-4-40-28-13-7-25(8-14-28)34(22-37)31-19-32(35(23-38)26-9-15-29(16-10-26)41-5-2)21-33(20-31)36(24-39)27-11-17-30(18-12-27)42-6-3/h7-18,22-24H,4-6,19-21H2,1-3H3. The average molecular weight is 577 g/mol.